The van der Waals surface area contributed by atoms with Gasteiger partial charge in [-0.3, -0.25) is 4.98 Å². The second-order valence-electron chi connectivity index (χ2n) is 3.53. The van der Waals surface area contributed by atoms with Gasteiger partial charge < -0.3 is 10.5 Å². The Bertz CT molecular complexity index is 336. The maximum absolute atomic E-state index is 6.08. The molecule has 1 atom stereocenters. The summed E-state index contributed by atoms with van der Waals surface area (Å²) < 4.78 is 5.21. The van der Waals surface area contributed by atoms with E-state index in [0.29, 0.717) is 0 Å². The Morgan fingerprint density at radius 2 is 2.40 bits per heavy atom. The molecule has 1 unspecified atom stereocenters. The van der Waals surface area contributed by atoms with Crippen LogP contribution in [0.25, 0.3) is 0 Å². The van der Waals surface area contributed by atoms with Crippen molar-refractivity contribution in [1.82, 2.24) is 4.98 Å². The molecule has 1 aromatic rings. The first-order valence-corrected chi connectivity index (χ1v) is 5.09. The lowest BCUT2D eigenvalue weighted by Crippen LogP contribution is -2.12. The highest BCUT2D eigenvalue weighted by Crippen LogP contribution is 2.26. The van der Waals surface area contributed by atoms with Crippen molar-refractivity contribution in [3.63, 3.8) is 0 Å². The summed E-state index contributed by atoms with van der Waals surface area (Å²) in [6.45, 7) is 6.04. The van der Waals surface area contributed by atoms with Crippen LogP contribution in [0.5, 0.6) is 5.75 Å². The Morgan fingerprint density at radius 3 is 3.00 bits per heavy atom. The molecule has 1 aromatic heterocycles. The fourth-order valence-corrected chi connectivity index (χ4v) is 1.43. The largest absolute Gasteiger partial charge is 0.495 e. The van der Waals surface area contributed by atoms with Crippen LogP contribution >= 0.6 is 0 Å². The molecule has 2 N–H and O–H groups in total. The third-order valence-corrected chi connectivity index (χ3v) is 2.44. The van der Waals surface area contributed by atoms with Gasteiger partial charge in [0.05, 0.1) is 13.3 Å². The zero-order chi connectivity index (χ0) is 11.3. The van der Waals surface area contributed by atoms with Crippen molar-refractivity contribution in [1.29, 1.82) is 0 Å². The fourth-order valence-electron chi connectivity index (χ4n) is 1.43. The number of rotatable bonds is 5. The summed E-state index contributed by atoms with van der Waals surface area (Å²) in [4.78, 5) is 3.99. The van der Waals surface area contributed by atoms with Gasteiger partial charge in [-0.1, -0.05) is 19.1 Å². The second-order valence-corrected chi connectivity index (χ2v) is 3.53. The summed E-state index contributed by atoms with van der Waals surface area (Å²) in [6.07, 6.45) is 5.16. The van der Waals surface area contributed by atoms with Crippen molar-refractivity contribution >= 4 is 0 Å². The molecule has 0 bridgehead atoms. The van der Waals surface area contributed by atoms with Crippen molar-refractivity contribution in [2.24, 2.45) is 5.73 Å². The Morgan fingerprint density at radius 1 is 1.67 bits per heavy atom. The molecule has 0 radical (unpaired) electrons. The van der Waals surface area contributed by atoms with Crippen LogP contribution in [0.1, 0.15) is 31.4 Å². The summed E-state index contributed by atoms with van der Waals surface area (Å²) in [7, 11) is 1.63. The molecule has 82 valence electrons. The van der Waals surface area contributed by atoms with Crippen LogP contribution in [0.2, 0.25) is 0 Å². The normalized spacial score (nSPS) is 12.2. The van der Waals surface area contributed by atoms with Crippen molar-refractivity contribution in [3.8, 4) is 5.75 Å². The average molecular weight is 206 g/mol. The number of hydrogen-bond donors (Lipinski definition) is 1. The van der Waals surface area contributed by atoms with E-state index in [4.69, 9.17) is 10.5 Å². The fraction of sp³-hybridized carbons (Fsp3) is 0.417. The minimum atomic E-state index is -0.0598. The van der Waals surface area contributed by atoms with E-state index in [2.05, 4.69) is 18.5 Å². The zero-order valence-corrected chi connectivity index (χ0v) is 9.36. The first kappa shape index (κ1) is 11.7. The topological polar surface area (TPSA) is 48.1 Å². The highest BCUT2D eigenvalue weighted by Gasteiger charge is 2.12. The van der Waals surface area contributed by atoms with Crippen LogP contribution in [0, 0.1) is 0 Å². The lowest BCUT2D eigenvalue weighted by Gasteiger charge is -2.15. The van der Waals surface area contributed by atoms with Gasteiger partial charge in [-0.15, -0.1) is 0 Å². The molecule has 0 aliphatic rings. The van der Waals surface area contributed by atoms with E-state index >= 15 is 0 Å². The number of aromatic nitrogens is 1. The first-order chi connectivity index (χ1) is 7.19. The number of methoxy groups -OCH3 is 1. The van der Waals surface area contributed by atoms with E-state index in [0.717, 1.165) is 29.7 Å². The molecule has 0 aliphatic carbocycles. The number of nitrogens with two attached hydrogens (primary N) is 1. The Balaban J connectivity index is 2.80. The molecule has 0 amide bonds. The monoisotopic (exact) mass is 206 g/mol. The molecule has 0 saturated carbocycles. The quantitative estimate of drug-likeness (QED) is 0.753. The minimum absolute atomic E-state index is 0.0598. The lowest BCUT2D eigenvalue weighted by atomic mass is 9.99. The summed E-state index contributed by atoms with van der Waals surface area (Å²) in [5.74, 6) is 0.744. The molecule has 0 aliphatic heterocycles. The average Bonchev–Trinajstić information content (AvgIpc) is 2.28. The smallest absolute Gasteiger partial charge is 0.141 e. The maximum Gasteiger partial charge on any atom is 0.141 e. The zero-order valence-electron chi connectivity index (χ0n) is 9.36. The van der Waals surface area contributed by atoms with Crippen molar-refractivity contribution in [2.45, 2.75) is 25.8 Å². The van der Waals surface area contributed by atoms with Gasteiger partial charge in [0.15, 0.2) is 0 Å². The van der Waals surface area contributed by atoms with E-state index in [9.17, 15) is 0 Å². The molecule has 0 spiro atoms. The Hall–Kier alpha value is -1.35. The molecule has 3 heteroatoms. The number of hydrogen-bond acceptors (Lipinski definition) is 3. The lowest BCUT2D eigenvalue weighted by molar-refractivity contribution is 0.403. The third kappa shape index (κ3) is 3.06. The predicted octanol–water partition coefficient (Wildman–Crippen LogP) is 2.45. The van der Waals surface area contributed by atoms with E-state index in [1.165, 1.54) is 0 Å². The van der Waals surface area contributed by atoms with Crippen LogP contribution in [0.4, 0.5) is 0 Å². The molecule has 0 aromatic carbocycles. The number of nitrogens with zero attached hydrogens (tertiary/aromatic N) is 1. The summed E-state index contributed by atoms with van der Waals surface area (Å²) >= 11 is 0. The Kier molecular flexibility index (Phi) is 4.31. The van der Waals surface area contributed by atoms with Crippen molar-refractivity contribution < 1.29 is 4.74 Å². The molecule has 0 fully saturated rings. The Labute approximate surface area is 91.0 Å². The molecule has 1 heterocycles. The predicted molar refractivity (Wildman–Crippen MR) is 61.8 cm³/mol. The van der Waals surface area contributed by atoms with Gasteiger partial charge in [0, 0.05) is 17.8 Å². The van der Waals surface area contributed by atoms with Crippen molar-refractivity contribution in [2.75, 3.05) is 7.11 Å². The van der Waals surface area contributed by atoms with Gasteiger partial charge in [-0.2, -0.15) is 0 Å². The summed E-state index contributed by atoms with van der Waals surface area (Å²) in [5.41, 5.74) is 8.22. The van der Waals surface area contributed by atoms with Crippen LogP contribution in [0.15, 0.2) is 30.6 Å². The van der Waals surface area contributed by atoms with E-state index < -0.39 is 0 Å². The van der Waals surface area contributed by atoms with E-state index in [1.54, 1.807) is 19.5 Å². The molecule has 15 heavy (non-hydrogen) atoms. The molecule has 0 saturated heterocycles. The van der Waals surface area contributed by atoms with Gasteiger partial charge in [0.2, 0.25) is 0 Å². The van der Waals surface area contributed by atoms with Gasteiger partial charge in [0.25, 0.3) is 0 Å². The van der Waals surface area contributed by atoms with E-state index in [1.807, 2.05) is 6.07 Å². The maximum atomic E-state index is 6.08. The van der Waals surface area contributed by atoms with Gasteiger partial charge in [-0.05, 0) is 18.9 Å². The first-order valence-electron chi connectivity index (χ1n) is 5.09. The second kappa shape index (κ2) is 5.51. The van der Waals surface area contributed by atoms with Crippen LogP contribution in [-0.2, 0) is 0 Å². The van der Waals surface area contributed by atoms with Gasteiger partial charge in [-0.25, -0.2) is 0 Å². The number of ether oxygens (including phenoxy) is 1. The van der Waals surface area contributed by atoms with Crippen LogP contribution in [0.3, 0.4) is 0 Å². The summed E-state index contributed by atoms with van der Waals surface area (Å²) in [5, 5.41) is 0. The van der Waals surface area contributed by atoms with E-state index in [-0.39, 0.29) is 6.04 Å². The SMILES string of the molecule is C=C(CC)CC(N)c1ccncc1OC. The summed E-state index contributed by atoms with van der Waals surface area (Å²) in [6, 6.07) is 1.84. The van der Waals surface area contributed by atoms with Gasteiger partial charge >= 0.3 is 0 Å². The highest BCUT2D eigenvalue weighted by atomic mass is 16.5. The van der Waals surface area contributed by atoms with Crippen LogP contribution in [-0.4, -0.2) is 12.1 Å². The number of pyridine rings is 1. The molecule has 1 rings (SSSR count). The van der Waals surface area contributed by atoms with Crippen molar-refractivity contribution in [3.05, 3.63) is 36.2 Å². The minimum Gasteiger partial charge on any atom is -0.495 e. The highest BCUT2D eigenvalue weighted by molar-refractivity contribution is 5.33. The molecular formula is C12H18N2O. The standard InChI is InChI=1S/C12H18N2O/c1-4-9(2)7-11(13)10-5-6-14-8-12(10)15-3/h5-6,8,11H,2,4,7,13H2,1,3H3. The van der Waals surface area contributed by atoms with Crippen LogP contribution < -0.4 is 10.5 Å². The third-order valence-electron chi connectivity index (χ3n) is 2.44. The van der Waals surface area contributed by atoms with Gasteiger partial charge in [0.1, 0.15) is 5.75 Å². The molecule has 3 nitrogen and oxygen atoms in total. The molecular weight excluding hydrogens is 188 g/mol.